The lowest BCUT2D eigenvalue weighted by Crippen LogP contribution is -2.20. The topological polar surface area (TPSA) is 53.7 Å². The molecule has 0 saturated heterocycles. The van der Waals surface area contributed by atoms with Crippen molar-refractivity contribution < 1.29 is 0 Å². The maximum absolute atomic E-state index is 7.42. The molecule has 1 aromatic heterocycles. The predicted octanol–water partition coefficient (Wildman–Crippen LogP) is 0.441. The van der Waals surface area contributed by atoms with E-state index >= 15 is 0 Å². The predicted molar refractivity (Wildman–Crippen MR) is 41.6 cm³/mol. The van der Waals surface area contributed by atoms with Crippen LogP contribution in [0.4, 0.5) is 5.82 Å². The fourth-order valence-electron chi connectivity index (χ4n) is 1.17. The molecule has 58 valence electrons. The van der Waals surface area contributed by atoms with Crippen molar-refractivity contribution in [1.29, 1.82) is 5.41 Å². The van der Waals surface area contributed by atoms with E-state index in [0.29, 0.717) is 5.15 Å². The molecule has 0 radical (unpaired) electrons. The number of fused-ring (bicyclic) bond motifs is 1. The third-order valence-corrected chi connectivity index (χ3v) is 1.85. The Morgan fingerprint density at radius 2 is 2.55 bits per heavy atom. The molecule has 0 amide bonds. The lowest BCUT2D eigenvalue weighted by Gasteiger charge is -2.01. The van der Waals surface area contributed by atoms with Gasteiger partial charge in [-0.25, -0.2) is 4.98 Å². The third kappa shape index (κ3) is 0.991. The molecule has 0 atom stereocenters. The largest absolute Gasteiger partial charge is 0.370 e. The Labute approximate surface area is 68.3 Å². The highest BCUT2D eigenvalue weighted by Crippen LogP contribution is 2.13. The van der Waals surface area contributed by atoms with Gasteiger partial charge >= 0.3 is 0 Å². The summed E-state index contributed by atoms with van der Waals surface area (Å²) in [5, 5.41) is 10.9. The Kier molecular flexibility index (Phi) is 1.35. The van der Waals surface area contributed by atoms with E-state index in [1.807, 2.05) is 0 Å². The van der Waals surface area contributed by atoms with Crippen molar-refractivity contribution in [2.45, 2.75) is 6.54 Å². The number of hydrogen-bond donors (Lipinski definition) is 2. The molecule has 2 rings (SSSR count). The summed E-state index contributed by atoms with van der Waals surface area (Å²) in [6.45, 7) is 1.66. The first-order valence-electron chi connectivity index (χ1n) is 3.33. The van der Waals surface area contributed by atoms with Crippen LogP contribution < -0.4 is 10.9 Å². The molecule has 4 nitrogen and oxygen atoms in total. The van der Waals surface area contributed by atoms with Crippen molar-refractivity contribution >= 4 is 17.4 Å². The second-order valence-electron chi connectivity index (χ2n) is 2.37. The molecule has 2 N–H and O–H groups in total. The van der Waals surface area contributed by atoms with Crippen molar-refractivity contribution in [3.63, 3.8) is 0 Å². The van der Waals surface area contributed by atoms with Gasteiger partial charge in [-0.1, -0.05) is 11.6 Å². The quantitative estimate of drug-likeness (QED) is 0.556. The van der Waals surface area contributed by atoms with Crippen LogP contribution in [0.5, 0.6) is 0 Å². The number of halogens is 1. The summed E-state index contributed by atoms with van der Waals surface area (Å²) in [4.78, 5) is 3.80. The Hall–Kier alpha value is -1.03. The molecule has 1 aliphatic rings. The minimum absolute atomic E-state index is 0.220. The summed E-state index contributed by atoms with van der Waals surface area (Å²) in [6.07, 6.45) is 0. The molecule has 0 aliphatic carbocycles. The van der Waals surface area contributed by atoms with Crippen LogP contribution in [-0.2, 0) is 6.54 Å². The van der Waals surface area contributed by atoms with Crippen LogP contribution in [0.25, 0.3) is 0 Å². The Morgan fingerprint density at radius 3 is 3.36 bits per heavy atom. The number of rotatable bonds is 0. The van der Waals surface area contributed by atoms with Gasteiger partial charge in [0, 0.05) is 19.2 Å². The zero-order valence-corrected chi connectivity index (χ0v) is 6.52. The first kappa shape index (κ1) is 6.67. The first-order chi connectivity index (χ1) is 5.27. The Bertz CT molecular complexity index is 343. The van der Waals surface area contributed by atoms with Gasteiger partial charge in [0.15, 0.2) is 0 Å². The van der Waals surface area contributed by atoms with Gasteiger partial charge < -0.3 is 5.32 Å². The smallest absolute Gasteiger partial charge is 0.224 e. The Balaban J connectivity index is 2.70. The summed E-state index contributed by atoms with van der Waals surface area (Å²) >= 11 is 5.64. The summed E-state index contributed by atoms with van der Waals surface area (Å²) < 4.78 is 1.78. The molecule has 0 saturated carbocycles. The average Bonchev–Trinajstić information content (AvgIpc) is 2.34. The van der Waals surface area contributed by atoms with E-state index < -0.39 is 0 Å². The molecule has 1 aromatic rings. The van der Waals surface area contributed by atoms with Crippen LogP contribution in [0.3, 0.4) is 0 Å². The molecule has 5 heteroatoms. The van der Waals surface area contributed by atoms with Gasteiger partial charge in [0.05, 0.1) is 0 Å². The van der Waals surface area contributed by atoms with E-state index in [-0.39, 0.29) is 5.62 Å². The molecule has 1 aliphatic heterocycles. The number of hydrogen-bond acceptors (Lipinski definition) is 3. The second kappa shape index (κ2) is 2.23. The number of aromatic nitrogens is 2. The van der Waals surface area contributed by atoms with Crippen molar-refractivity contribution in [2.75, 3.05) is 11.9 Å². The molecule has 0 fully saturated rings. The van der Waals surface area contributed by atoms with Crippen LogP contribution in [0.15, 0.2) is 6.07 Å². The zero-order chi connectivity index (χ0) is 7.84. The van der Waals surface area contributed by atoms with Crippen molar-refractivity contribution in [2.24, 2.45) is 0 Å². The van der Waals surface area contributed by atoms with Crippen LogP contribution in [0.1, 0.15) is 0 Å². The molecule has 0 unspecified atom stereocenters. The van der Waals surface area contributed by atoms with Crippen molar-refractivity contribution in [1.82, 2.24) is 9.55 Å². The van der Waals surface area contributed by atoms with Crippen LogP contribution in [-0.4, -0.2) is 16.1 Å². The molecule has 2 heterocycles. The van der Waals surface area contributed by atoms with E-state index in [9.17, 15) is 0 Å². The fourth-order valence-corrected chi connectivity index (χ4v) is 1.35. The van der Waals surface area contributed by atoms with E-state index in [1.54, 1.807) is 10.6 Å². The average molecular weight is 171 g/mol. The van der Waals surface area contributed by atoms with Crippen LogP contribution in [0, 0.1) is 5.41 Å². The van der Waals surface area contributed by atoms with Gasteiger partial charge in [0.1, 0.15) is 11.0 Å². The minimum atomic E-state index is 0.220. The number of nitrogens with zero attached hydrogens (tertiary/aromatic N) is 2. The lowest BCUT2D eigenvalue weighted by atomic mass is 10.6. The van der Waals surface area contributed by atoms with Crippen LogP contribution >= 0.6 is 11.6 Å². The highest BCUT2D eigenvalue weighted by atomic mass is 35.5. The second-order valence-corrected chi connectivity index (χ2v) is 2.75. The van der Waals surface area contributed by atoms with Gasteiger partial charge in [-0.2, -0.15) is 0 Å². The number of anilines is 1. The highest BCUT2D eigenvalue weighted by Gasteiger charge is 2.09. The third-order valence-electron chi connectivity index (χ3n) is 1.66. The SMILES string of the molecule is N=c1nc(Cl)cc2n1CCN2. The summed E-state index contributed by atoms with van der Waals surface area (Å²) in [5.74, 6) is 0.884. The zero-order valence-electron chi connectivity index (χ0n) is 5.76. The van der Waals surface area contributed by atoms with E-state index in [4.69, 9.17) is 17.0 Å². The van der Waals surface area contributed by atoms with Gasteiger partial charge in [-0.3, -0.25) is 9.98 Å². The minimum Gasteiger partial charge on any atom is -0.370 e. The van der Waals surface area contributed by atoms with Crippen molar-refractivity contribution in [3.8, 4) is 0 Å². The molecule has 0 bridgehead atoms. The lowest BCUT2D eigenvalue weighted by molar-refractivity contribution is 0.709. The van der Waals surface area contributed by atoms with Gasteiger partial charge in [0.2, 0.25) is 5.62 Å². The highest BCUT2D eigenvalue weighted by molar-refractivity contribution is 6.29. The number of nitrogens with one attached hydrogen (secondary N) is 2. The summed E-state index contributed by atoms with van der Waals surface area (Å²) in [7, 11) is 0. The summed E-state index contributed by atoms with van der Waals surface area (Å²) in [6, 6.07) is 1.73. The normalized spacial score (nSPS) is 14.3. The molecule has 0 spiro atoms. The van der Waals surface area contributed by atoms with Gasteiger partial charge in [0.25, 0.3) is 0 Å². The first-order valence-corrected chi connectivity index (χ1v) is 3.71. The molecular formula is C6H7ClN4. The maximum atomic E-state index is 7.42. The molecule has 0 aromatic carbocycles. The standard InChI is InChI=1S/C6H7ClN4/c7-4-3-5-9-1-2-11(5)6(8)10-4/h3,8-9H,1-2H2. The van der Waals surface area contributed by atoms with E-state index in [1.165, 1.54) is 0 Å². The fraction of sp³-hybridized carbons (Fsp3) is 0.333. The summed E-state index contributed by atoms with van der Waals surface area (Å²) in [5.41, 5.74) is 0.220. The van der Waals surface area contributed by atoms with Crippen LogP contribution in [0.2, 0.25) is 5.15 Å². The van der Waals surface area contributed by atoms with E-state index in [2.05, 4.69) is 10.3 Å². The maximum Gasteiger partial charge on any atom is 0.224 e. The molecular weight excluding hydrogens is 164 g/mol. The van der Waals surface area contributed by atoms with Gasteiger partial charge in [-0.05, 0) is 0 Å². The monoisotopic (exact) mass is 170 g/mol. The van der Waals surface area contributed by atoms with Crippen molar-refractivity contribution in [3.05, 3.63) is 16.8 Å². The molecule has 11 heavy (non-hydrogen) atoms. The Morgan fingerprint density at radius 1 is 1.73 bits per heavy atom. The van der Waals surface area contributed by atoms with Gasteiger partial charge in [-0.15, -0.1) is 0 Å². The van der Waals surface area contributed by atoms with E-state index in [0.717, 1.165) is 18.9 Å².